The summed E-state index contributed by atoms with van der Waals surface area (Å²) < 4.78 is 5.07. The first kappa shape index (κ1) is 17.7. The third-order valence-electron chi connectivity index (χ3n) is 3.29. The molecule has 0 radical (unpaired) electrons. The van der Waals surface area contributed by atoms with Gasteiger partial charge in [-0.2, -0.15) is 0 Å². The molecule has 0 aliphatic heterocycles. The van der Waals surface area contributed by atoms with Crippen LogP contribution in [0.2, 0.25) is 0 Å². The van der Waals surface area contributed by atoms with Crippen LogP contribution < -0.4 is 0 Å². The van der Waals surface area contributed by atoms with Crippen LogP contribution in [0.1, 0.15) is 32.6 Å². The largest absolute Gasteiger partial charge is 0.465 e. The van der Waals surface area contributed by atoms with E-state index in [1.54, 1.807) is 30.2 Å². The molecule has 1 heterocycles. The zero-order chi connectivity index (χ0) is 16.0. The Kier molecular flexibility index (Phi) is 6.40. The zero-order valence-corrected chi connectivity index (χ0v) is 14.3. The zero-order valence-electron chi connectivity index (χ0n) is 13.5. The number of carbonyl (C=O) groups is 2. The Morgan fingerprint density at radius 1 is 1.38 bits per heavy atom. The molecule has 118 valence electrons. The van der Waals surface area contributed by atoms with Crippen LogP contribution in [0.5, 0.6) is 0 Å². The van der Waals surface area contributed by atoms with E-state index in [1.165, 1.54) is 4.88 Å². The van der Waals surface area contributed by atoms with Crippen molar-refractivity contribution in [3.63, 3.8) is 0 Å². The first-order valence-electron chi connectivity index (χ1n) is 7.21. The van der Waals surface area contributed by atoms with E-state index in [2.05, 4.69) is 6.07 Å². The Morgan fingerprint density at radius 2 is 2.05 bits per heavy atom. The summed E-state index contributed by atoms with van der Waals surface area (Å²) in [4.78, 5) is 27.6. The lowest BCUT2D eigenvalue weighted by Gasteiger charge is -2.31. The van der Waals surface area contributed by atoms with Crippen molar-refractivity contribution in [3.8, 4) is 0 Å². The maximum absolute atomic E-state index is 12.6. The topological polar surface area (TPSA) is 46.6 Å². The smallest absolute Gasteiger partial charge is 0.319 e. The number of ether oxygens (including phenoxy) is 1. The van der Waals surface area contributed by atoms with Gasteiger partial charge in [0.15, 0.2) is 0 Å². The van der Waals surface area contributed by atoms with Gasteiger partial charge in [0.05, 0.1) is 6.61 Å². The van der Waals surface area contributed by atoms with E-state index in [1.807, 2.05) is 32.2 Å². The Balaban J connectivity index is 2.72. The molecule has 1 atom stereocenters. The first-order chi connectivity index (χ1) is 9.77. The second kappa shape index (κ2) is 7.59. The third-order valence-corrected chi connectivity index (χ3v) is 4.22. The van der Waals surface area contributed by atoms with Gasteiger partial charge in [-0.3, -0.25) is 9.59 Å². The van der Waals surface area contributed by atoms with Crippen molar-refractivity contribution in [2.75, 3.05) is 20.2 Å². The highest BCUT2D eigenvalue weighted by Crippen LogP contribution is 2.29. The molecule has 0 fully saturated rings. The molecule has 0 saturated heterocycles. The van der Waals surface area contributed by atoms with Crippen molar-refractivity contribution in [2.24, 2.45) is 11.3 Å². The van der Waals surface area contributed by atoms with E-state index in [9.17, 15) is 9.59 Å². The quantitative estimate of drug-likeness (QED) is 0.599. The van der Waals surface area contributed by atoms with Gasteiger partial charge in [-0.25, -0.2) is 0 Å². The van der Waals surface area contributed by atoms with Crippen LogP contribution in [0.25, 0.3) is 0 Å². The summed E-state index contributed by atoms with van der Waals surface area (Å²) in [6.45, 7) is 8.31. The first-order valence-corrected chi connectivity index (χ1v) is 8.09. The molecule has 0 aromatic carbocycles. The van der Waals surface area contributed by atoms with Gasteiger partial charge in [-0.05, 0) is 30.2 Å². The van der Waals surface area contributed by atoms with E-state index < -0.39 is 17.3 Å². The van der Waals surface area contributed by atoms with E-state index in [0.717, 1.165) is 6.42 Å². The molecule has 1 amide bonds. The van der Waals surface area contributed by atoms with Gasteiger partial charge in [-0.15, -0.1) is 11.3 Å². The summed E-state index contributed by atoms with van der Waals surface area (Å²) in [5, 5.41) is 2.02. The van der Waals surface area contributed by atoms with Crippen molar-refractivity contribution < 1.29 is 14.3 Å². The Labute approximate surface area is 131 Å². The van der Waals surface area contributed by atoms with Gasteiger partial charge in [0.25, 0.3) is 0 Å². The fraction of sp³-hybridized carbons (Fsp3) is 0.625. The SMILES string of the molecule is CCOC(=O)C(C(=O)N(C)CCc1cccs1)C(C)(C)C. The number of thiophene rings is 1. The predicted octanol–water partition coefficient (Wildman–Crippen LogP) is 2.97. The second-order valence-corrected chi connectivity index (χ2v) is 7.17. The Bertz CT molecular complexity index is 462. The highest BCUT2D eigenvalue weighted by molar-refractivity contribution is 7.09. The predicted molar refractivity (Wildman–Crippen MR) is 85.2 cm³/mol. The average Bonchev–Trinajstić information content (AvgIpc) is 2.87. The minimum atomic E-state index is -0.759. The van der Waals surface area contributed by atoms with Crippen molar-refractivity contribution in [3.05, 3.63) is 22.4 Å². The molecule has 0 N–H and O–H groups in total. The van der Waals surface area contributed by atoms with Crippen LogP contribution in [-0.4, -0.2) is 37.0 Å². The van der Waals surface area contributed by atoms with Gasteiger partial charge in [0.2, 0.25) is 5.91 Å². The summed E-state index contributed by atoms with van der Waals surface area (Å²) in [6, 6.07) is 4.05. The van der Waals surface area contributed by atoms with Gasteiger partial charge in [0, 0.05) is 18.5 Å². The molecule has 1 rings (SSSR count). The molecule has 0 aliphatic carbocycles. The van der Waals surface area contributed by atoms with Crippen LogP contribution in [0, 0.1) is 11.3 Å². The maximum Gasteiger partial charge on any atom is 0.319 e. The van der Waals surface area contributed by atoms with Crippen LogP contribution in [0.15, 0.2) is 17.5 Å². The lowest BCUT2D eigenvalue weighted by molar-refractivity contribution is -0.160. The number of rotatable bonds is 6. The molecule has 5 heteroatoms. The van der Waals surface area contributed by atoms with Gasteiger partial charge in [0.1, 0.15) is 5.92 Å². The number of amides is 1. The van der Waals surface area contributed by atoms with Crippen molar-refractivity contribution in [1.82, 2.24) is 4.90 Å². The number of esters is 1. The molecule has 21 heavy (non-hydrogen) atoms. The Morgan fingerprint density at radius 3 is 2.52 bits per heavy atom. The van der Waals surface area contributed by atoms with E-state index in [0.29, 0.717) is 6.54 Å². The van der Waals surface area contributed by atoms with Crippen molar-refractivity contribution in [2.45, 2.75) is 34.1 Å². The van der Waals surface area contributed by atoms with Crippen LogP contribution >= 0.6 is 11.3 Å². The molecule has 0 spiro atoms. The number of hydrogen-bond acceptors (Lipinski definition) is 4. The minimum absolute atomic E-state index is 0.169. The summed E-state index contributed by atoms with van der Waals surface area (Å²) >= 11 is 1.68. The average molecular weight is 311 g/mol. The molecule has 1 aromatic rings. The van der Waals surface area contributed by atoms with E-state index in [-0.39, 0.29) is 12.5 Å². The number of likely N-dealkylation sites (N-methyl/N-ethyl adjacent to an activating group) is 1. The highest BCUT2D eigenvalue weighted by atomic mass is 32.1. The molecule has 4 nitrogen and oxygen atoms in total. The summed E-state index contributed by atoms with van der Waals surface area (Å²) in [5.41, 5.74) is -0.458. The van der Waals surface area contributed by atoms with E-state index in [4.69, 9.17) is 4.74 Å². The molecule has 0 bridgehead atoms. The fourth-order valence-corrected chi connectivity index (χ4v) is 2.81. The van der Waals surface area contributed by atoms with Crippen molar-refractivity contribution in [1.29, 1.82) is 0 Å². The molecule has 1 unspecified atom stereocenters. The number of carbonyl (C=O) groups excluding carboxylic acids is 2. The van der Waals surface area contributed by atoms with Crippen LogP contribution in [0.3, 0.4) is 0 Å². The standard InChI is InChI=1S/C16H25NO3S/c1-6-20-15(19)13(16(2,3)4)14(18)17(5)10-9-12-8-7-11-21-12/h7-8,11,13H,6,9-10H2,1-5H3. The molecule has 0 saturated carbocycles. The molecule has 1 aromatic heterocycles. The minimum Gasteiger partial charge on any atom is -0.465 e. The maximum atomic E-state index is 12.6. The van der Waals surface area contributed by atoms with Crippen LogP contribution in [-0.2, 0) is 20.7 Å². The summed E-state index contributed by atoms with van der Waals surface area (Å²) in [7, 11) is 1.74. The van der Waals surface area contributed by atoms with Crippen molar-refractivity contribution >= 4 is 23.2 Å². The number of nitrogens with zero attached hydrogens (tertiary/aromatic N) is 1. The fourth-order valence-electron chi connectivity index (χ4n) is 2.11. The summed E-state index contributed by atoms with van der Waals surface area (Å²) in [6.07, 6.45) is 0.805. The van der Waals surface area contributed by atoms with Gasteiger partial charge in [-0.1, -0.05) is 26.8 Å². The van der Waals surface area contributed by atoms with E-state index >= 15 is 0 Å². The van der Waals surface area contributed by atoms with Gasteiger partial charge >= 0.3 is 5.97 Å². The lowest BCUT2D eigenvalue weighted by atomic mass is 9.80. The highest BCUT2D eigenvalue weighted by Gasteiger charge is 2.40. The van der Waals surface area contributed by atoms with Gasteiger partial charge < -0.3 is 9.64 Å². The lowest BCUT2D eigenvalue weighted by Crippen LogP contribution is -2.45. The van der Waals surface area contributed by atoms with Crippen LogP contribution in [0.4, 0.5) is 0 Å². The number of hydrogen-bond donors (Lipinski definition) is 0. The molecular weight excluding hydrogens is 286 g/mol. The third kappa shape index (κ3) is 5.16. The molecular formula is C16H25NO3S. The summed E-state index contributed by atoms with van der Waals surface area (Å²) in [5.74, 6) is -1.36. The molecule has 0 aliphatic rings. The normalized spacial score (nSPS) is 12.8. The second-order valence-electron chi connectivity index (χ2n) is 6.14. The monoisotopic (exact) mass is 311 g/mol. The Hall–Kier alpha value is -1.36.